The molecule has 0 aliphatic carbocycles. The second-order valence-corrected chi connectivity index (χ2v) is 10.4. The topological polar surface area (TPSA) is 24.7 Å². The van der Waals surface area contributed by atoms with Crippen molar-refractivity contribution < 1.29 is 16.5 Å². The number of hydrogen-bond donors (Lipinski definition) is 0. The van der Waals surface area contributed by atoms with E-state index in [0.717, 1.165) is 55.6 Å². The summed E-state index contributed by atoms with van der Waals surface area (Å²) in [7, 11) is 0. The van der Waals surface area contributed by atoms with Crippen LogP contribution in [0.2, 0.25) is 0 Å². The van der Waals surface area contributed by atoms with Gasteiger partial charge in [-0.1, -0.05) is 78.9 Å². The summed E-state index contributed by atoms with van der Waals surface area (Å²) in [6.07, 6.45) is 19.7. The zero-order valence-corrected chi connectivity index (χ0v) is 25.3. The van der Waals surface area contributed by atoms with Gasteiger partial charge in [0.15, 0.2) is 0 Å². The van der Waals surface area contributed by atoms with Crippen molar-refractivity contribution in [1.82, 2.24) is 0 Å². The Hall–Kier alpha value is -1.73. The van der Waals surface area contributed by atoms with Crippen LogP contribution in [0.5, 0.6) is 0 Å². The minimum absolute atomic E-state index is 0. The monoisotopic (exact) mass is 546 g/mol. The standard InChI is InChI=1S/C34H52N2.Ni/c1-6-11-16-28-21-29(17-12-7-2)24-33(23-28)35-27-32(20-15-10-5)36-34-25-30(18-13-8-3)22-31(26-34)19-14-9-4;/h21-27H,6-20H2,1-5H3;. The first kappa shape index (κ1) is 33.3. The average molecular weight is 547 g/mol. The Kier molecular flexibility index (Phi) is 18.2. The van der Waals surface area contributed by atoms with E-state index in [0.29, 0.717) is 0 Å². The molecule has 2 rings (SSSR count). The van der Waals surface area contributed by atoms with E-state index in [9.17, 15) is 0 Å². The van der Waals surface area contributed by atoms with Crippen LogP contribution in [0.3, 0.4) is 0 Å². The molecule has 2 aromatic carbocycles. The molecule has 0 amide bonds. The summed E-state index contributed by atoms with van der Waals surface area (Å²) in [5.41, 5.74) is 9.00. The van der Waals surface area contributed by atoms with Gasteiger partial charge in [-0.3, -0.25) is 9.98 Å². The summed E-state index contributed by atoms with van der Waals surface area (Å²) < 4.78 is 0. The van der Waals surface area contributed by atoms with Crippen molar-refractivity contribution in [3.8, 4) is 0 Å². The van der Waals surface area contributed by atoms with Crippen molar-refractivity contribution in [2.75, 3.05) is 0 Å². The Morgan fingerprint density at radius 2 is 0.919 bits per heavy atom. The van der Waals surface area contributed by atoms with Crippen LogP contribution in [0.15, 0.2) is 46.4 Å². The number of unbranched alkanes of at least 4 members (excludes halogenated alkanes) is 5. The molecule has 0 aromatic heterocycles. The molecular weight excluding hydrogens is 495 g/mol. The first-order valence-corrected chi connectivity index (χ1v) is 15.0. The van der Waals surface area contributed by atoms with Crippen molar-refractivity contribution in [2.45, 2.75) is 131 Å². The molecule has 0 unspecified atom stereocenters. The SMILES string of the molecule is CCCCC(C=Nc1cc(CCCC)cc(CCCC)c1)=Nc1cc(CCCC)cc(CCCC)c1.[Ni]. The molecule has 0 bridgehead atoms. The Labute approximate surface area is 238 Å². The molecule has 0 saturated heterocycles. The van der Waals surface area contributed by atoms with Gasteiger partial charge in [0.05, 0.1) is 17.1 Å². The van der Waals surface area contributed by atoms with Crippen molar-refractivity contribution >= 4 is 23.3 Å². The fourth-order valence-electron chi connectivity index (χ4n) is 4.55. The number of aliphatic imine (C=N–C) groups is 2. The summed E-state index contributed by atoms with van der Waals surface area (Å²) in [6.45, 7) is 11.3. The van der Waals surface area contributed by atoms with Crippen LogP contribution < -0.4 is 0 Å². The summed E-state index contributed by atoms with van der Waals surface area (Å²) in [4.78, 5) is 10.1. The van der Waals surface area contributed by atoms with Gasteiger partial charge >= 0.3 is 0 Å². The van der Waals surface area contributed by atoms with E-state index in [1.807, 2.05) is 6.21 Å². The predicted molar refractivity (Wildman–Crippen MR) is 162 cm³/mol. The molecule has 0 aliphatic heterocycles. The maximum Gasteiger partial charge on any atom is 0.0639 e. The van der Waals surface area contributed by atoms with Crippen LogP contribution in [0, 0.1) is 0 Å². The summed E-state index contributed by atoms with van der Waals surface area (Å²) in [5.74, 6) is 0. The van der Waals surface area contributed by atoms with Crippen LogP contribution in [0.25, 0.3) is 0 Å². The molecule has 0 atom stereocenters. The van der Waals surface area contributed by atoms with Crippen molar-refractivity contribution in [3.05, 3.63) is 58.7 Å². The molecule has 0 radical (unpaired) electrons. The summed E-state index contributed by atoms with van der Waals surface area (Å²) in [6, 6.07) is 14.0. The molecule has 0 spiro atoms. The van der Waals surface area contributed by atoms with E-state index in [1.165, 1.54) is 80.0 Å². The van der Waals surface area contributed by atoms with Gasteiger partial charge in [-0.15, -0.1) is 0 Å². The Morgan fingerprint density at radius 3 is 1.30 bits per heavy atom. The first-order chi connectivity index (χ1) is 17.6. The summed E-state index contributed by atoms with van der Waals surface area (Å²) >= 11 is 0. The second-order valence-electron chi connectivity index (χ2n) is 10.4. The van der Waals surface area contributed by atoms with Gasteiger partial charge in [0.2, 0.25) is 0 Å². The van der Waals surface area contributed by atoms with Crippen LogP contribution in [0.1, 0.15) is 128 Å². The van der Waals surface area contributed by atoms with Crippen molar-refractivity contribution in [1.29, 1.82) is 0 Å². The third-order valence-electron chi connectivity index (χ3n) is 6.77. The maximum absolute atomic E-state index is 5.16. The molecule has 0 heterocycles. The minimum atomic E-state index is 0. The average Bonchev–Trinajstić information content (AvgIpc) is 2.89. The van der Waals surface area contributed by atoms with E-state index in [1.54, 1.807) is 0 Å². The normalized spacial score (nSPS) is 11.8. The molecule has 208 valence electrons. The van der Waals surface area contributed by atoms with E-state index < -0.39 is 0 Å². The number of nitrogens with zero attached hydrogens (tertiary/aromatic N) is 2. The molecule has 0 fully saturated rings. The van der Waals surface area contributed by atoms with Crippen molar-refractivity contribution in [2.24, 2.45) is 9.98 Å². The molecule has 2 nitrogen and oxygen atoms in total. The Bertz CT molecular complexity index is 892. The number of aryl methyl sites for hydroxylation is 4. The number of hydrogen-bond acceptors (Lipinski definition) is 2. The molecular formula is C34H52N2Ni. The molecule has 3 heteroatoms. The van der Waals surface area contributed by atoms with Gasteiger partial charge in [-0.2, -0.15) is 0 Å². The van der Waals surface area contributed by atoms with Crippen LogP contribution in [0.4, 0.5) is 11.4 Å². The van der Waals surface area contributed by atoms with Gasteiger partial charge in [-0.05, 0) is 111 Å². The van der Waals surface area contributed by atoms with Crippen LogP contribution in [-0.2, 0) is 42.2 Å². The van der Waals surface area contributed by atoms with E-state index >= 15 is 0 Å². The van der Waals surface area contributed by atoms with Gasteiger partial charge < -0.3 is 0 Å². The molecule has 0 saturated carbocycles. The largest absolute Gasteiger partial charge is 0.255 e. The van der Waals surface area contributed by atoms with Gasteiger partial charge in [-0.25, -0.2) is 0 Å². The fraction of sp³-hybridized carbons (Fsp3) is 0.588. The van der Waals surface area contributed by atoms with E-state index in [4.69, 9.17) is 9.98 Å². The fourth-order valence-corrected chi connectivity index (χ4v) is 4.55. The third-order valence-corrected chi connectivity index (χ3v) is 6.77. The summed E-state index contributed by atoms with van der Waals surface area (Å²) in [5, 5.41) is 0. The van der Waals surface area contributed by atoms with E-state index in [2.05, 4.69) is 71.0 Å². The maximum atomic E-state index is 5.16. The van der Waals surface area contributed by atoms with Gasteiger partial charge in [0.1, 0.15) is 0 Å². The molecule has 37 heavy (non-hydrogen) atoms. The zero-order valence-electron chi connectivity index (χ0n) is 24.4. The quantitative estimate of drug-likeness (QED) is 0.131. The first-order valence-electron chi connectivity index (χ1n) is 15.0. The minimum Gasteiger partial charge on any atom is -0.255 e. The molecule has 0 aliphatic rings. The second kappa shape index (κ2) is 20.3. The molecule has 0 N–H and O–H groups in total. The zero-order chi connectivity index (χ0) is 26.0. The van der Waals surface area contributed by atoms with Crippen molar-refractivity contribution in [3.63, 3.8) is 0 Å². The number of benzene rings is 2. The van der Waals surface area contributed by atoms with Crippen LogP contribution in [-0.4, -0.2) is 11.9 Å². The number of rotatable bonds is 18. The van der Waals surface area contributed by atoms with Crippen LogP contribution >= 0.6 is 0 Å². The Balaban J connectivity index is 0.00000684. The smallest absolute Gasteiger partial charge is 0.0639 e. The Morgan fingerprint density at radius 1 is 0.541 bits per heavy atom. The van der Waals surface area contributed by atoms with E-state index in [-0.39, 0.29) is 16.5 Å². The predicted octanol–water partition coefficient (Wildman–Crippen LogP) is 10.7. The molecule has 2 aromatic rings. The van der Waals surface area contributed by atoms with Gasteiger partial charge in [0.25, 0.3) is 0 Å². The van der Waals surface area contributed by atoms with Gasteiger partial charge in [0, 0.05) is 22.7 Å². The third kappa shape index (κ3) is 13.6.